The number of carbonyl (C=O) groups is 3. The highest BCUT2D eigenvalue weighted by atomic mass is 79.9. The molecule has 0 saturated heterocycles. The van der Waals surface area contributed by atoms with E-state index >= 15 is 0 Å². The summed E-state index contributed by atoms with van der Waals surface area (Å²) in [5.41, 5.74) is -0.204. The molecule has 1 heterocycles. The van der Waals surface area contributed by atoms with E-state index < -0.39 is 35.3 Å². The van der Waals surface area contributed by atoms with Crippen LogP contribution in [0.1, 0.15) is 65.4 Å². The van der Waals surface area contributed by atoms with E-state index in [0.717, 1.165) is 40.1 Å². The van der Waals surface area contributed by atoms with Crippen molar-refractivity contribution in [1.82, 2.24) is 10.2 Å². The molecule has 1 spiro atoms. The standard InChI is InChI=1S/C35H42BrN3O6/c1-22(38(5)33(42)45-34(2,3)4)31(40)37-30-32(41)39(21-26-25-16-15-24(36)20-23(25)14-17-28(26)43-6)27-12-8-9-13-29(27)44-35(30)18-10-7-11-19-35/h8-9,12-17,20,22,30H,7,10-11,18-19,21H2,1-6H3,(H,37,40)/t22-,30+/m0/s1. The molecular formula is C35H42BrN3O6. The van der Waals surface area contributed by atoms with Crippen LogP contribution in [0.15, 0.2) is 59.1 Å². The van der Waals surface area contributed by atoms with Gasteiger partial charge in [0.2, 0.25) is 5.91 Å². The third-order valence-electron chi connectivity index (χ3n) is 8.72. The Morgan fingerprint density at radius 1 is 1.11 bits per heavy atom. The number of para-hydroxylation sites is 2. The van der Waals surface area contributed by atoms with Crippen molar-refractivity contribution < 1.29 is 28.6 Å². The number of hydrogen-bond donors (Lipinski definition) is 1. The normalized spacial score (nSPS) is 18.4. The van der Waals surface area contributed by atoms with Crippen molar-refractivity contribution in [1.29, 1.82) is 0 Å². The van der Waals surface area contributed by atoms with E-state index in [2.05, 4.69) is 21.2 Å². The van der Waals surface area contributed by atoms with Crippen LogP contribution < -0.4 is 19.7 Å². The lowest BCUT2D eigenvalue weighted by atomic mass is 9.78. The Labute approximate surface area is 273 Å². The van der Waals surface area contributed by atoms with E-state index in [1.165, 1.54) is 11.9 Å². The fourth-order valence-electron chi connectivity index (χ4n) is 6.23. The molecule has 9 nitrogen and oxygen atoms in total. The fraction of sp³-hybridized carbons (Fsp3) is 0.457. The average molecular weight is 681 g/mol. The van der Waals surface area contributed by atoms with Gasteiger partial charge in [0.1, 0.15) is 34.8 Å². The topological polar surface area (TPSA) is 97.4 Å². The second-order valence-electron chi connectivity index (χ2n) is 12.9. The zero-order chi connectivity index (χ0) is 32.5. The molecule has 0 radical (unpaired) electrons. The zero-order valence-electron chi connectivity index (χ0n) is 26.8. The Balaban J connectivity index is 1.56. The number of methoxy groups -OCH3 is 1. The molecule has 1 N–H and O–H groups in total. The average Bonchev–Trinajstić information content (AvgIpc) is 3.08. The second kappa shape index (κ2) is 12.9. The summed E-state index contributed by atoms with van der Waals surface area (Å²) in [6.45, 7) is 7.13. The quantitative estimate of drug-likeness (QED) is 0.302. The number of halogens is 1. The summed E-state index contributed by atoms with van der Waals surface area (Å²) in [5, 5.41) is 5.00. The monoisotopic (exact) mass is 679 g/mol. The van der Waals surface area contributed by atoms with Crippen LogP contribution in [0.25, 0.3) is 10.8 Å². The van der Waals surface area contributed by atoms with Crippen LogP contribution in [0, 0.1) is 0 Å². The first-order valence-electron chi connectivity index (χ1n) is 15.4. The number of benzene rings is 3. The molecule has 45 heavy (non-hydrogen) atoms. The van der Waals surface area contributed by atoms with Crippen LogP contribution in [0.5, 0.6) is 11.5 Å². The molecule has 3 amide bonds. The highest BCUT2D eigenvalue weighted by Crippen LogP contribution is 2.44. The minimum atomic E-state index is -0.998. The van der Waals surface area contributed by atoms with Crippen LogP contribution in [-0.2, 0) is 20.9 Å². The van der Waals surface area contributed by atoms with Gasteiger partial charge in [0.25, 0.3) is 5.91 Å². The first-order valence-corrected chi connectivity index (χ1v) is 16.2. The van der Waals surface area contributed by atoms with Gasteiger partial charge in [-0.15, -0.1) is 0 Å². The number of ether oxygens (including phenoxy) is 3. The second-order valence-corrected chi connectivity index (χ2v) is 13.9. The molecule has 1 saturated carbocycles. The first kappa shape index (κ1) is 32.6. The molecule has 240 valence electrons. The number of likely N-dealkylation sites (N-methyl/N-ethyl adjacent to an activating group) is 1. The van der Waals surface area contributed by atoms with Crippen LogP contribution in [0.2, 0.25) is 0 Å². The van der Waals surface area contributed by atoms with Crippen molar-refractivity contribution in [3.05, 3.63) is 64.6 Å². The number of carbonyl (C=O) groups excluding carboxylic acids is 3. The van der Waals surface area contributed by atoms with E-state index in [1.54, 1.807) is 39.7 Å². The molecule has 2 atom stereocenters. The van der Waals surface area contributed by atoms with Crippen LogP contribution >= 0.6 is 15.9 Å². The van der Waals surface area contributed by atoms with Gasteiger partial charge in [-0.1, -0.05) is 46.6 Å². The van der Waals surface area contributed by atoms with Gasteiger partial charge in [0.05, 0.1) is 19.3 Å². The summed E-state index contributed by atoms with van der Waals surface area (Å²) in [5.74, 6) is 0.499. The predicted octanol–water partition coefficient (Wildman–Crippen LogP) is 6.98. The molecule has 3 aromatic carbocycles. The molecule has 5 rings (SSSR count). The number of hydrogen-bond acceptors (Lipinski definition) is 6. The molecule has 1 aliphatic heterocycles. The zero-order valence-corrected chi connectivity index (χ0v) is 28.4. The van der Waals surface area contributed by atoms with Crippen LogP contribution in [-0.4, -0.2) is 60.3 Å². The summed E-state index contributed by atoms with van der Waals surface area (Å²) in [6, 6.07) is 15.5. The molecule has 10 heteroatoms. The van der Waals surface area contributed by atoms with Crippen molar-refractivity contribution in [3.8, 4) is 11.5 Å². The first-order chi connectivity index (χ1) is 21.3. The molecule has 0 aromatic heterocycles. The summed E-state index contributed by atoms with van der Waals surface area (Å²) in [6.07, 6.45) is 3.33. The maximum atomic E-state index is 14.9. The number of anilines is 1. The molecule has 0 bridgehead atoms. The maximum absolute atomic E-state index is 14.9. The van der Waals surface area contributed by atoms with Crippen molar-refractivity contribution in [2.24, 2.45) is 0 Å². The van der Waals surface area contributed by atoms with Gasteiger partial charge in [0, 0.05) is 17.1 Å². The Hall–Kier alpha value is -3.79. The third-order valence-corrected chi connectivity index (χ3v) is 9.22. The lowest BCUT2D eigenvalue weighted by Gasteiger charge is -2.42. The molecule has 1 fully saturated rings. The van der Waals surface area contributed by atoms with Gasteiger partial charge in [-0.25, -0.2) is 4.79 Å². The highest BCUT2D eigenvalue weighted by molar-refractivity contribution is 9.10. The SMILES string of the molecule is COc1ccc2cc(Br)ccc2c1CN1C(=O)[C@@H](NC(=O)[C@H](C)N(C)C(=O)OC(C)(C)C)C2(CCCCC2)Oc2ccccc21. The minimum absolute atomic E-state index is 0.192. The lowest BCUT2D eigenvalue weighted by Crippen LogP contribution is -2.64. The smallest absolute Gasteiger partial charge is 0.410 e. The number of nitrogens with one attached hydrogen (secondary N) is 1. The Morgan fingerprint density at radius 3 is 2.51 bits per heavy atom. The van der Waals surface area contributed by atoms with Gasteiger partial charge in [-0.3, -0.25) is 14.5 Å². The van der Waals surface area contributed by atoms with Crippen LogP contribution in [0.4, 0.5) is 10.5 Å². The molecular weight excluding hydrogens is 638 g/mol. The van der Waals surface area contributed by atoms with Gasteiger partial charge in [-0.2, -0.15) is 0 Å². The van der Waals surface area contributed by atoms with Gasteiger partial charge < -0.3 is 24.4 Å². The van der Waals surface area contributed by atoms with Crippen LogP contribution in [0.3, 0.4) is 0 Å². The Kier molecular flexibility index (Phi) is 9.35. The Bertz CT molecular complexity index is 1600. The minimum Gasteiger partial charge on any atom is -0.496 e. The summed E-state index contributed by atoms with van der Waals surface area (Å²) < 4.78 is 19.1. The van der Waals surface area contributed by atoms with Crippen molar-refractivity contribution in [2.75, 3.05) is 19.1 Å². The van der Waals surface area contributed by atoms with E-state index in [0.29, 0.717) is 30.0 Å². The summed E-state index contributed by atoms with van der Waals surface area (Å²) in [4.78, 5) is 44.5. The third kappa shape index (κ3) is 6.76. The lowest BCUT2D eigenvalue weighted by molar-refractivity contribution is -0.136. The van der Waals surface area contributed by atoms with Crippen molar-refractivity contribution in [2.45, 2.75) is 89.6 Å². The summed E-state index contributed by atoms with van der Waals surface area (Å²) in [7, 11) is 3.14. The molecule has 3 aromatic rings. The highest BCUT2D eigenvalue weighted by Gasteiger charge is 2.51. The number of fused-ring (bicyclic) bond motifs is 2. The molecule has 0 unspecified atom stereocenters. The molecule has 2 aliphatic rings. The molecule has 1 aliphatic carbocycles. The predicted molar refractivity (Wildman–Crippen MR) is 178 cm³/mol. The maximum Gasteiger partial charge on any atom is 0.410 e. The van der Waals surface area contributed by atoms with Crippen molar-refractivity contribution in [3.63, 3.8) is 0 Å². The van der Waals surface area contributed by atoms with E-state index in [-0.39, 0.29) is 12.5 Å². The van der Waals surface area contributed by atoms with Gasteiger partial charge >= 0.3 is 6.09 Å². The number of nitrogens with zero attached hydrogens (tertiary/aromatic N) is 2. The van der Waals surface area contributed by atoms with Crippen molar-refractivity contribution >= 4 is 50.3 Å². The van der Waals surface area contributed by atoms with E-state index in [1.807, 2.05) is 54.6 Å². The number of amides is 3. The van der Waals surface area contributed by atoms with E-state index in [4.69, 9.17) is 14.2 Å². The largest absolute Gasteiger partial charge is 0.496 e. The van der Waals surface area contributed by atoms with Gasteiger partial charge in [-0.05, 0) is 94.5 Å². The number of rotatable bonds is 6. The van der Waals surface area contributed by atoms with Gasteiger partial charge in [0.15, 0.2) is 0 Å². The fourth-order valence-corrected chi connectivity index (χ4v) is 6.61. The Morgan fingerprint density at radius 2 is 1.82 bits per heavy atom. The van der Waals surface area contributed by atoms with E-state index in [9.17, 15) is 14.4 Å². The summed E-state index contributed by atoms with van der Waals surface area (Å²) >= 11 is 3.56.